The number of rotatable bonds is 3. The molecule has 86 valence electrons. The second-order valence-corrected chi connectivity index (χ2v) is 3.89. The summed E-state index contributed by atoms with van der Waals surface area (Å²) in [4.78, 5) is 13.7. The fourth-order valence-corrected chi connectivity index (χ4v) is 2.02. The molecule has 0 aromatic heterocycles. The normalized spacial score (nSPS) is 18.8. The third kappa shape index (κ3) is 1.55. The Morgan fingerprint density at radius 2 is 2.25 bits per heavy atom. The van der Waals surface area contributed by atoms with Gasteiger partial charge in [-0.2, -0.15) is 0 Å². The van der Waals surface area contributed by atoms with Crippen molar-refractivity contribution >= 4 is 11.6 Å². The fourth-order valence-electron chi connectivity index (χ4n) is 2.02. The summed E-state index contributed by atoms with van der Waals surface area (Å²) in [6.07, 6.45) is 0.912. The van der Waals surface area contributed by atoms with Crippen molar-refractivity contribution in [3.8, 4) is 5.75 Å². The Morgan fingerprint density at radius 1 is 1.50 bits per heavy atom. The zero-order valence-electron chi connectivity index (χ0n) is 9.56. The summed E-state index contributed by atoms with van der Waals surface area (Å²) in [6, 6.07) is 5.05. The number of hydrogen-bond donors (Lipinski definition) is 1. The van der Waals surface area contributed by atoms with Gasteiger partial charge in [-0.3, -0.25) is 4.79 Å². The highest BCUT2D eigenvalue weighted by molar-refractivity contribution is 6.04. The highest BCUT2D eigenvalue weighted by atomic mass is 16.5. The molecular weight excluding hydrogens is 204 g/mol. The number of hydrogen-bond acceptors (Lipinski definition) is 3. The molecule has 1 aliphatic rings. The summed E-state index contributed by atoms with van der Waals surface area (Å²) in [5, 5.41) is 0. The van der Waals surface area contributed by atoms with E-state index in [0.29, 0.717) is 6.54 Å². The van der Waals surface area contributed by atoms with Crippen LogP contribution in [0.15, 0.2) is 18.2 Å². The number of nitrogens with zero attached hydrogens (tertiary/aromatic N) is 1. The molecule has 1 atom stereocenters. The molecule has 1 unspecified atom stereocenters. The summed E-state index contributed by atoms with van der Waals surface area (Å²) >= 11 is 0. The number of ether oxygens (including phenoxy) is 1. The van der Waals surface area contributed by atoms with E-state index in [2.05, 4.69) is 0 Å². The van der Waals surface area contributed by atoms with E-state index in [1.54, 1.807) is 12.0 Å². The van der Waals surface area contributed by atoms with E-state index in [1.165, 1.54) is 0 Å². The van der Waals surface area contributed by atoms with Gasteiger partial charge in [-0.15, -0.1) is 0 Å². The van der Waals surface area contributed by atoms with Crippen molar-refractivity contribution in [2.75, 3.05) is 18.6 Å². The lowest BCUT2D eigenvalue weighted by molar-refractivity contribution is -0.119. The van der Waals surface area contributed by atoms with Crippen molar-refractivity contribution in [3.05, 3.63) is 23.8 Å². The molecule has 1 amide bonds. The molecule has 1 aliphatic heterocycles. The number of carbonyl (C=O) groups is 1. The smallest absolute Gasteiger partial charge is 0.248 e. The van der Waals surface area contributed by atoms with Crippen LogP contribution in [0.2, 0.25) is 0 Å². The number of nitrogens with two attached hydrogens (primary N) is 1. The van der Waals surface area contributed by atoms with Crippen molar-refractivity contribution in [1.29, 1.82) is 0 Å². The monoisotopic (exact) mass is 220 g/mol. The number of fused-ring (bicyclic) bond motifs is 1. The van der Waals surface area contributed by atoms with E-state index < -0.39 is 6.04 Å². The van der Waals surface area contributed by atoms with Gasteiger partial charge in [-0.1, -0.05) is 13.0 Å². The summed E-state index contributed by atoms with van der Waals surface area (Å²) in [5.74, 6) is 0.729. The molecule has 1 aromatic carbocycles. The van der Waals surface area contributed by atoms with Gasteiger partial charge in [0.05, 0.1) is 12.8 Å². The number of benzene rings is 1. The lowest BCUT2D eigenvalue weighted by Gasteiger charge is -2.16. The molecule has 1 aromatic rings. The predicted octanol–water partition coefficient (Wildman–Crippen LogP) is 1.45. The molecule has 0 saturated carbocycles. The first-order valence-electron chi connectivity index (χ1n) is 5.44. The van der Waals surface area contributed by atoms with Crippen LogP contribution in [0.3, 0.4) is 0 Å². The minimum atomic E-state index is -0.521. The molecule has 1 heterocycles. The van der Waals surface area contributed by atoms with Gasteiger partial charge >= 0.3 is 0 Å². The fraction of sp³-hybridized carbons (Fsp3) is 0.417. The summed E-state index contributed by atoms with van der Waals surface area (Å²) < 4.78 is 5.16. The standard InChI is InChI=1S/C12H16N2O2/c1-3-6-14-10-7-8(16-2)4-5-9(10)11(13)12(14)15/h4-5,7,11H,3,6,13H2,1-2H3. The van der Waals surface area contributed by atoms with E-state index in [1.807, 2.05) is 25.1 Å². The van der Waals surface area contributed by atoms with Gasteiger partial charge in [0, 0.05) is 18.2 Å². The second-order valence-electron chi connectivity index (χ2n) is 3.89. The molecule has 0 saturated heterocycles. The average Bonchev–Trinajstić information content (AvgIpc) is 2.54. The first-order chi connectivity index (χ1) is 7.69. The van der Waals surface area contributed by atoms with Crippen LogP contribution in [0.4, 0.5) is 5.69 Å². The maximum atomic E-state index is 11.9. The molecular formula is C12H16N2O2. The Morgan fingerprint density at radius 3 is 2.88 bits per heavy atom. The van der Waals surface area contributed by atoms with Crippen LogP contribution < -0.4 is 15.4 Å². The van der Waals surface area contributed by atoms with Crippen LogP contribution >= 0.6 is 0 Å². The van der Waals surface area contributed by atoms with E-state index in [-0.39, 0.29) is 5.91 Å². The Labute approximate surface area is 95.0 Å². The highest BCUT2D eigenvalue weighted by Crippen LogP contribution is 2.36. The maximum absolute atomic E-state index is 11.9. The zero-order valence-corrected chi connectivity index (χ0v) is 9.56. The van der Waals surface area contributed by atoms with Crippen LogP contribution in [0.1, 0.15) is 24.9 Å². The van der Waals surface area contributed by atoms with Gasteiger partial charge < -0.3 is 15.4 Å². The third-order valence-electron chi connectivity index (χ3n) is 2.84. The van der Waals surface area contributed by atoms with Gasteiger partial charge in [0.2, 0.25) is 5.91 Å². The summed E-state index contributed by atoms with van der Waals surface area (Å²) in [7, 11) is 1.61. The first kappa shape index (κ1) is 11.0. The van der Waals surface area contributed by atoms with Crippen LogP contribution in [0, 0.1) is 0 Å². The first-order valence-corrected chi connectivity index (χ1v) is 5.44. The molecule has 4 nitrogen and oxygen atoms in total. The maximum Gasteiger partial charge on any atom is 0.248 e. The molecule has 2 N–H and O–H groups in total. The van der Waals surface area contributed by atoms with Crippen LogP contribution in [-0.2, 0) is 4.79 Å². The van der Waals surface area contributed by atoms with Gasteiger partial charge in [0.25, 0.3) is 0 Å². The van der Waals surface area contributed by atoms with Gasteiger partial charge in [0.1, 0.15) is 11.8 Å². The topological polar surface area (TPSA) is 55.6 Å². The van der Waals surface area contributed by atoms with Crippen LogP contribution in [0.25, 0.3) is 0 Å². The Kier molecular flexibility index (Phi) is 2.83. The summed E-state index contributed by atoms with van der Waals surface area (Å²) in [5.41, 5.74) is 7.65. The van der Waals surface area contributed by atoms with Crippen molar-refractivity contribution in [3.63, 3.8) is 0 Å². The third-order valence-corrected chi connectivity index (χ3v) is 2.84. The molecule has 4 heteroatoms. The number of methoxy groups -OCH3 is 1. The lowest BCUT2D eigenvalue weighted by atomic mass is 10.1. The van der Waals surface area contributed by atoms with Gasteiger partial charge in [0.15, 0.2) is 0 Å². The quantitative estimate of drug-likeness (QED) is 0.838. The number of carbonyl (C=O) groups excluding carboxylic acids is 1. The Hall–Kier alpha value is -1.55. The van der Waals surface area contributed by atoms with E-state index in [4.69, 9.17) is 10.5 Å². The van der Waals surface area contributed by atoms with Crippen LogP contribution in [0.5, 0.6) is 5.75 Å². The van der Waals surface area contributed by atoms with E-state index >= 15 is 0 Å². The van der Waals surface area contributed by atoms with Crippen molar-refractivity contribution in [1.82, 2.24) is 0 Å². The van der Waals surface area contributed by atoms with Crippen LogP contribution in [-0.4, -0.2) is 19.6 Å². The van der Waals surface area contributed by atoms with E-state index in [0.717, 1.165) is 23.4 Å². The molecule has 2 rings (SSSR count). The zero-order chi connectivity index (χ0) is 11.7. The Bertz CT molecular complexity index is 417. The van der Waals surface area contributed by atoms with Gasteiger partial charge in [-0.25, -0.2) is 0 Å². The second kappa shape index (κ2) is 4.14. The minimum Gasteiger partial charge on any atom is -0.497 e. The van der Waals surface area contributed by atoms with Crippen molar-refractivity contribution < 1.29 is 9.53 Å². The lowest BCUT2D eigenvalue weighted by Crippen LogP contribution is -2.32. The largest absolute Gasteiger partial charge is 0.497 e. The number of anilines is 1. The number of amides is 1. The predicted molar refractivity (Wildman–Crippen MR) is 62.6 cm³/mol. The Balaban J connectivity index is 2.44. The van der Waals surface area contributed by atoms with Gasteiger partial charge in [-0.05, 0) is 12.5 Å². The molecule has 0 spiro atoms. The average molecular weight is 220 g/mol. The highest BCUT2D eigenvalue weighted by Gasteiger charge is 2.34. The van der Waals surface area contributed by atoms with Crippen molar-refractivity contribution in [2.45, 2.75) is 19.4 Å². The molecule has 0 fully saturated rings. The molecule has 0 radical (unpaired) electrons. The SMILES string of the molecule is CCCN1C(=O)C(N)c2ccc(OC)cc21. The summed E-state index contributed by atoms with van der Waals surface area (Å²) in [6.45, 7) is 2.74. The molecule has 0 bridgehead atoms. The minimum absolute atomic E-state index is 0.0231. The molecule has 16 heavy (non-hydrogen) atoms. The van der Waals surface area contributed by atoms with Crippen molar-refractivity contribution in [2.24, 2.45) is 5.73 Å². The molecule has 0 aliphatic carbocycles. The van der Waals surface area contributed by atoms with E-state index in [9.17, 15) is 4.79 Å².